The monoisotopic (exact) mass is 687 g/mol. The summed E-state index contributed by atoms with van der Waals surface area (Å²) in [6.45, 7) is 4.96. The van der Waals surface area contributed by atoms with E-state index >= 15 is 4.39 Å². The molecule has 49 heavy (non-hydrogen) atoms. The van der Waals surface area contributed by atoms with Gasteiger partial charge in [-0.15, -0.1) is 0 Å². The summed E-state index contributed by atoms with van der Waals surface area (Å²) in [5.74, 6) is -1.75. The van der Waals surface area contributed by atoms with Gasteiger partial charge in [0.1, 0.15) is 46.8 Å². The zero-order chi connectivity index (χ0) is 34.8. The van der Waals surface area contributed by atoms with Crippen LogP contribution in [0.3, 0.4) is 0 Å². The number of aryl methyl sites for hydroxylation is 1. The smallest absolute Gasteiger partial charge is 0.417 e. The third-order valence-corrected chi connectivity index (χ3v) is 9.26. The van der Waals surface area contributed by atoms with Crippen LogP contribution in [0.25, 0.3) is 33.1 Å². The van der Waals surface area contributed by atoms with Crippen molar-refractivity contribution in [2.24, 2.45) is 0 Å². The first kappa shape index (κ1) is 32.6. The van der Waals surface area contributed by atoms with Crippen molar-refractivity contribution in [2.75, 3.05) is 44.0 Å². The summed E-state index contributed by atoms with van der Waals surface area (Å²) in [5.41, 5.74) is 3.90. The molecule has 4 aromatic heterocycles. The van der Waals surface area contributed by atoms with Crippen LogP contribution in [-0.4, -0.2) is 80.6 Å². The second kappa shape index (κ2) is 12.2. The fourth-order valence-corrected chi connectivity index (χ4v) is 6.83. The Kier molecular flexibility index (Phi) is 8.11. The van der Waals surface area contributed by atoms with Crippen molar-refractivity contribution in [3.8, 4) is 23.1 Å². The van der Waals surface area contributed by atoms with E-state index in [1.807, 2.05) is 0 Å². The number of alkyl halides is 4. The number of pyridine rings is 2. The van der Waals surface area contributed by atoms with E-state index < -0.39 is 46.8 Å². The topological polar surface area (TPSA) is 131 Å². The third-order valence-electron chi connectivity index (χ3n) is 9.26. The number of hydrogen-bond acceptors (Lipinski definition) is 10. The Balaban J connectivity index is 0.000000410. The highest BCUT2D eigenvalue weighted by Crippen LogP contribution is 2.47. The largest absolute Gasteiger partial charge is 0.475 e. The zero-order valence-electron chi connectivity index (χ0n) is 26.6. The molecule has 7 heterocycles. The molecule has 0 saturated carbocycles. The SMILES string of the molecule is COc1nc2c3c(nc(-c4c(C(F)(F)F)c(C)cc5[nH]ncc45)c(F)c3n1)OCCN2C(C)c1cc(F)cnc1N.FC1CC2CCN2C1. The van der Waals surface area contributed by atoms with Crippen molar-refractivity contribution in [3.05, 3.63) is 52.9 Å². The van der Waals surface area contributed by atoms with Gasteiger partial charge in [0.05, 0.1) is 43.2 Å². The maximum absolute atomic E-state index is 16.5. The van der Waals surface area contributed by atoms with Crippen molar-refractivity contribution in [1.82, 2.24) is 35.0 Å². The minimum Gasteiger partial charge on any atom is -0.475 e. The van der Waals surface area contributed by atoms with Gasteiger partial charge in [-0.2, -0.15) is 28.2 Å². The molecule has 0 amide bonds. The van der Waals surface area contributed by atoms with Crippen LogP contribution in [0.4, 0.5) is 38.0 Å². The summed E-state index contributed by atoms with van der Waals surface area (Å²) in [7, 11) is 1.27. The fraction of sp³-hybridized carbons (Fsp3) is 0.406. The van der Waals surface area contributed by atoms with Gasteiger partial charge in [0.25, 0.3) is 0 Å². The molecule has 0 bridgehead atoms. The average molecular weight is 688 g/mol. The highest BCUT2D eigenvalue weighted by Gasteiger charge is 2.40. The van der Waals surface area contributed by atoms with Crippen molar-refractivity contribution >= 4 is 33.4 Å². The lowest BCUT2D eigenvalue weighted by atomic mass is 9.94. The van der Waals surface area contributed by atoms with Crippen LogP contribution in [-0.2, 0) is 6.18 Å². The van der Waals surface area contributed by atoms with E-state index in [4.69, 9.17) is 15.2 Å². The third kappa shape index (κ3) is 5.68. The fourth-order valence-electron chi connectivity index (χ4n) is 6.83. The Labute approximate surface area is 275 Å². The Morgan fingerprint density at radius 3 is 2.57 bits per heavy atom. The van der Waals surface area contributed by atoms with Gasteiger partial charge in [0, 0.05) is 35.6 Å². The number of anilines is 2. The lowest BCUT2D eigenvalue weighted by molar-refractivity contribution is -0.137. The predicted octanol–water partition coefficient (Wildman–Crippen LogP) is 5.92. The molecule has 3 aliphatic rings. The van der Waals surface area contributed by atoms with Crippen molar-refractivity contribution in [2.45, 2.75) is 51.1 Å². The number of hydrogen-bond donors (Lipinski definition) is 2. The number of ether oxygens (including phenoxy) is 2. The molecule has 2 fully saturated rings. The number of fused-ring (bicyclic) bond motifs is 2. The summed E-state index contributed by atoms with van der Waals surface area (Å²) >= 11 is 0. The number of aromatic amines is 1. The summed E-state index contributed by atoms with van der Waals surface area (Å²) in [4.78, 5) is 20.6. The van der Waals surface area contributed by atoms with Crippen LogP contribution < -0.4 is 20.1 Å². The number of nitrogen functional groups attached to an aromatic ring is 1. The Morgan fingerprint density at radius 2 is 1.92 bits per heavy atom. The predicted molar refractivity (Wildman–Crippen MR) is 168 cm³/mol. The van der Waals surface area contributed by atoms with Crippen LogP contribution in [0.2, 0.25) is 0 Å². The lowest BCUT2D eigenvalue weighted by Crippen LogP contribution is -2.42. The van der Waals surface area contributed by atoms with Crippen LogP contribution in [0.1, 0.15) is 42.5 Å². The molecule has 0 spiro atoms. The molecule has 8 rings (SSSR count). The van der Waals surface area contributed by atoms with Gasteiger partial charge >= 0.3 is 12.2 Å². The maximum Gasteiger partial charge on any atom is 0.417 e. The van der Waals surface area contributed by atoms with E-state index in [0.29, 0.717) is 18.2 Å². The van der Waals surface area contributed by atoms with E-state index in [2.05, 4.69) is 35.0 Å². The maximum atomic E-state index is 16.5. The Bertz CT molecular complexity index is 2060. The number of nitrogens with one attached hydrogen (secondary N) is 1. The molecule has 3 N–H and O–H groups in total. The molecule has 3 aliphatic heterocycles. The van der Waals surface area contributed by atoms with E-state index in [0.717, 1.165) is 19.2 Å². The summed E-state index contributed by atoms with van der Waals surface area (Å²) in [6.07, 6.45) is -1.15. The van der Waals surface area contributed by atoms with Crippen LogP contribution in [0.15, 0.2) is 24.5 Å². The number of benzene rings is 1. The highest BCUT2D eigenvalue weighted by atomic mass is 19.4. The van der Waals surface area contributed by atoms with Crippen LogP contribution in [0, 0.1) is 18.6 Å². The Morgan fingerprint density at radius 1 is 1.12 bits per heavy atom. The number of rotatable bonds is 4. The van der Waals surface area contributed by atoms with Crippen molar-refractivity contribution < 1.29 is 35.8 Å². The molecule has 5 aromatic rings. The lowest BCUT2D eigenvalue weighted by Gasteiger charge is -2.33. The molecule has 17 heteroatoms. The van der Waals surface area contributed by atoms with E-state index in [1.54, 1.807) is 11.8 Å². The molecule has 1 aromatic carbocycles. The number of halogens is 6. The number of nitrogens with two attached hydrogens (primary N) is 1. The van der Waals surface area contributed by atoms with E-state index in [-0.39, 0.29) is 64.0 Å². The van der Waals surface area contributed by atoms with Gasteiger partial charge in [-0.25, -0.2) is 23.1 Å². The summed E-state index contributed by atoms with van der Waals surface area (Å²) in [5, 5.41) is 6.51. The van der Waals surface area contributed by atoms with Gasteiger partial charge in [0.2, 0.25) is 5.88 Å². The quantitative estimate of drug-likeness (QED) is 0.220. The van der Waals surface area contributed by atoms with Gasteiger partial charge in [-0.05, 0) is 44.4 Å². The molecular formula is C32H31F6N9O2. The summed E-state index contributed by atoms with van der Waals surface area (Å²) < 4.78 is 97.2. The molecule has 11 nitrogen and oxygen atoms in total. The van der Waals surface area contributed by atoms with Crippen molar-refractivity contribution in [3.63, 3.8) is 0 Å². The molecule has 0 radical (unpaired) electrons. The van der Waals surface area contributed by atoms with Gasteiger partial charge in [0.15, 0.2) is 5.82 Å². The molecule has 3 atom stereocenters. The van der Waals surface area contributed by atoms with Gasteiger partial charge in [-0.1, -0.05) is 0 Å². The Hall–Kier alpha value is -4.93. The molecule has 2 saturated heterocycles. The number of aromatic nitrogens is 6. The van der Waals surface area contributed by atoms with Crippen LogP contribution >= 0.6 is 0 Å². The van der Waals surface area contributed by atoms with E-state index in [1.165, 1.54) is 38.8 Å². The first-order chi connectivity index (χ1) is 23.3. The number of methoxy groups -OCH3 is 1. The normalized spacial score (nSPS) is 19.5. The number of nitrogens with zero attached hydrogens (tertiary/aromatic N) is 7. The second-order valence-corrected chi connectivity index (χ2v) is 12.2. The second-order valence-electron chi connectivity index (χ2n) is 12.2. The zero-order valence-corrected chi connectivity index (χ0v) is 26.6. The minimum absolute atomic E-state index is 0.00369. The minimum atomic E-state index is -4.84. The standard InChI is InChI=1S/C26H21F5N8O2.C6H10FN/c1-10-6-15-14(9-34-38-15)16(18(10)26(29,30)31)20-19(28)21-17-23(37-25(36-21)40-3)39(4-5-41-24(17)35-20)11(2)13-7-12(27)8-33-22(13)32;7-5-3-6-1-2-8(6)4-5/h6-9,11H,4-5H2,1-3H3,(H2,32,33)(H,34,38);5-6H,1-4H2. The molecular weight excluding hydrogens is 656 g/mol. The average Bonchev–Trinajstić information content (AvgIpc) is 3.56. The van der Waals surface area contributed by atoms with Gasteiger partial charge < -0.3 is 20.1 Å². The van der Waals surface area contributed by atoms with Crippen molar-refractivity contribution in [1.29, 1.82) is 0 Å². The highest BCUT2D eigenvalue weighted by molar-refractivity contribution is 6.02. The molecule has 258 valence electrons. The van der Waals surface area contributed by atoms with E-state index in [9.17, 15) is 22.0 Å². The molecule has 0 aliphatic carbocycles. The molecule has 3 unspecified atom stereocenters. The number of H-pyrrole nitrogens is 1. The summed E-state index contributed by atoms with van der Waals surface area (Å²) in [6, 6.07) is 2.24. The first-order valence-electron chi connectivity index (χ1n) is 15.5. The van der Waals surface area contributed by atoms with Crippen LogP contribution in [0.5, 0.6) is 11.9 Å². The first-order valence-corrected chi connectivity index (χ1v) is 15.5. The van der Waals surface area contributed by atoms with Gasteiger partial charge in [-0.3, -0.25) is 10.00 Å².